The molecule has 1 saturated heterocycles. The fourth-order valence-electron chi connectivity index (χ4n) is 3.76. The van der Waals surface area contributed by atoms with Crippen LogP contribution < -0.4 is 5.32 Å². The molecule has 1 aliphatic heterocycles. The lowest BCUT2D eigenvalue weighted by atomic mass is 10.1. The molecule has 0 atom stereocenters. The van der Waals surface area contributed by atoms with E-state index < -0.39 is 0 Å². The van der Waals surface area contributed by atoms with Crippen LogP contribution in [0.2, 0.25) is 0 Å². The summed E-state index contributed by atoms with van der Waals surface area (Å²) < 4.78 is 0. The van der Waals surface area contributed by atoms with Gasteiger partial charge in [0.2, 0.25) is 5.91 Å². The van der Waals surface area contributed by atoms with Crippen molar-refractivity contribution in [3.8, 4) is 6.07 Å². The second-order valence-electron chi connectivity index (χ2n) is 6.93. The molecule has 3 rings (SSSR count). The van der Waals surface area contributed by atoms with E-state index >= 15 is 0 Å². The van der Waals surface area contributed by atoms with E-state index in [-0.39, 0.29) is 5.91 Å². The van der Waals surface area contributed by atoms with E-state index in [1.807, 2.05) is 0 Å². The molecule has 130 valence electrons. The molecule has 1 fully saturated rings. The standard InChI is InChI=1S/C19H27N3OS/c20-14-16-15-8-4-3-5-9-17(15)24-19(16)21-18(23)10-13-22-11-6-1-2-7-12-22/h1-13H2,(H,21,23). The average Bonchev–Trinajstić information content (AvgIpc) is 2.81. The predicted molar refractivity (Wildman–Crippen MR) is 98.4 cm³/mol. The van der Waals surface area contributed by atoms with Crippen molar-refractivity contribution in [3.05, 3.63) is 16.0 Å². The Morgan fingerprint density at radius 2 is 1.79 bits per heavy atom. The van der Waals surface area contributed by atoms with Crippen molar-refractivity contribution in [1.82, 2.24) is 4.90 Å². The molecule has 1 N–H and O–H groups in total. The van der Waals surface area contributed by atoms with E-state index in [0.717, 1.165) is 49.5 Å². The highest BCUT2D eigenvalue weighted by Gasteiger charge is 2.21. The van der Waals surface area contributed by atoms with Crippen LogP contribution in [-0.4, -0.2) is 30.4 Å². The number of nitrogens with one attached hydrogen (secondary N) is 1. The van der Waals surface area contributed by atoms with Crippen molar-refractivity contribution in [2.24, 2.45) is 0 Å². The largest absolute Gasteiger partial charge is 0.317 e. The fraction of sp³-hybridized carbons (Fsp3) is 0.684. The number of fused-ring (bicyclic) bond motifs is 1. The molecule has 0 spiro atoms. The first-order valence-corrected chi connectivity index (χ1v) is 10.2. The molecule has 0 bridgehead atoms. The molecule has 5 heteroatoms. The molecule has 2 heterocycles. The number of carbonyl (C=O) groups excluding carboxylic acids is 1. The third-order valence-corrected chi connectivity index (χ3v) is 6.35. The summed E-state index contributed by atoms with van der Waals surface area (Å²) in [6.07, 6.45) is 11.3. The van der Waals surface area contributed by atoms with Gasteiger partial charge in [-0.2, -0.15) is 5.26 Å². The highest BCUT2D eigenvalue weighted by molar-refractivity contribution is 7.16. The molecule has 1 aliphatic carbocycles. The number of amides is 1. The zero-order chi connectivity index (χ0) is 16.8. The van der Waals surface area contributed by atoms with E-state index in [2.05, 4.69) is 16.3 Å². The maximum absolute atomic E-state index is 12.3. The minimum atomic E-state index is 0.0483. The Morgan fingerprint density at radius 1 is 1.08 bits per heavy atom. The second kappa shape index (κ2) is 8.64. The number of hydrogen-bond donors (Lipinski definition) is 1. The molecule has 2 aliphatic rings. The summed E-state index contributed by atoms with van der Waals surface area (Å²) in [5.41, 5.74) is 1.92. The van der Waals surface area contributed by atoms with E-state index in [1.165, 1.54) is 49.0 Å². The van der Waals surface area contributed by atoms with Gasteiger partial charge in [-0.3, -0.25) is 4.79 Å². The second-order valence-corrected chi connectivity index (χ2v) is 8.04. The Morgan fingerprint density at radius 3 is 2.54 bits per heavy atom. The predicted octanol–water partition coefficient (Wildman–Crippen LogP) is 4.09. The fourth-order valence-corrected chi connectivity index (χ4v) is 5.01. The Hall–Kier alpha value is -1.38. The van der Waals surface area contributed by atoms with Crippen LogP contribution in [0.5, 0.6) is 0 Å². The van der Waals surface area contributed by atoms with Crippen molar-refractivity contribution in [2.45, 2.75) is 64.2 Å². The molecule has 1 aromatic rings. The van der Waals surface area contributed by atoms with E-state index in [9.17, 15) is 10.1 Å². The molecular weight excluding hydrogens is 318 g/mol. The molecule has 4 nitrogen and oxygen atoms in total. The van der Waals surface area contributed by atoms with Gasteiger partial charge in [0, 0.05) is 17.8 Å². The van der Waals surface area contributed by atoms with Crippen molar-refractivity contribution in [3.63, 3.8) is 0 Å². The topological polar surface area (TPSA) is 56.1 Å². The van der Waals surface area contributed by atoms with Gasteiger partial charge in [-0.1, -0.05) is 19.3 Å². The summed E-state index contributed by atoms with van der Waals surface area (Å²) in [5, 5.41) is 13.3. The van der Waals surface area contributed by atoms with Crippen LogP contribution >= 0.6 is 11.3 Å². The van der Waals surface area contributed by atoms with Crippen molar-refractivity contribution in [1.29, 1.82) is 5.26 Å². The number of rotatable bonds is 4. The van der Waals surface area contributed by atoms with Crippen molar-refractivity contribution in [2.75, 3.05) is 25.0 Å². The number of carbonyl (C=O) groups is 1. The molecule has 0 saturated carbocycles. The zero-order valence-electron chi connectivity index (χ0n) is 14.4. The lowest BCUT2D eigenvalue weighted by Crippen LogP contribution is -2.28. The van der Waals surface area contributed by atoms with E-state index in [0.29, 0.717) is 6.42 Å². The summed E-state index contributed by atoms with van der Waals surface area (Å²) in [4.78, 5) is 16.1. The van der Waals surface area contributed by atoms with E-state index in [1.54, 1.807) is 11.3 Å². The summed E-state index contributed by atoms with van der Waals surface area (Å²) in [6, 6.07) is 2.34. The third kappa shape index (κ3) is 4.37. The smallest absolute Gasteiger partial charge is 0.226 e. The van der Waals surface area contributed by atoms with Gasteiger partial charge in [0.1, 0.15) is 11.1 Å². The first kappa shape index (κ1) is 17.4. The average molecular weight is 346 g/mol. The lowest BCUT2D eigenvalue weighted by Gasteiger charge is -2.19. The van der Waals surface area contributed by atoms with Crippen molar-refractivity contribution < 1.29 is 4.79 Å². The first-order valence-electron chi connectivity index (χ1n) is 9.35. The third-order valence-electron chi connectivity index (χ3n) is 5.14. The molecule has 1 amide bonds. The number of nitriles is 1. The van der Waals surface area contributed by atoms with Gasteiger partial charge >= 0.3 is 0 Å². The van der Waals surface area contributed by atoms with Crippen LogP contribution in [-0.2, 0) is 17.6 Å². The molecule has 0 aromatic carbocycles. The Balaban J connectivity index is 1.59. The minimum Gasteiger partial charge on any atom is -0.317 e. The van der Waals surface area contributed by atoms with Gasteiger partial charge in [0.25, 0.3) is 0 Å². The lowest BCUT2D eigenvalue weighted by molar-refractivity contribution is -0.116. The van der Waals surface area contributed by atoms with Crippen molar-refractivity contribution >= 4 is 22.2 Å². The summed E-state index contributed by atoms with van der Waals surface area (Å²) in [7, 11) is 0. The Kier molecular flexibility index (Phi) is 6.28. The molecule has 24 heavy (non-hydrogen) atoms. The Bertz CT molecular complexity index is 609. The Labute approximate surface area is 148 Å². The molecule has 0 unspecified atom stereocenters. The van der Waals surface area contributed by atoms with Gasteiger partial charge in [0.15, 0.2) is 0 Å². The van der Waals surface area contributed by atoms with Crippen LogP contribution in [0, 0.1) is 11.3 Å². The molecule has 1 aromatic heterocycles. The van der Waals surface area contributed by atoms with Gasteiger partial charge in [-0.25, -0.2) is 0 Å². The number of anilines is 1. The van der Waals surface area contributed by atoms with E-state index in [4.69, 9.17) is 0 Å². The highest BCUT2D eigenvalue weighted by atomic mass is 32.1. The maximum atomic E-state index is 12.3. The summed E-state index contributed by atoms with van der Waals surface area (Å²) >= 11 is 1.62. The number of likely N-dealkylation sites (tertiary alicyclic amines) is 1. The SMILES string of the molecule is N#Cc1c(NC(=O)CCN2CCCCCC2)sc2c1CCCCC2. The quantitative estimate of drug-likeness (QED) is 0.836. The van der Waals surface area contributed by atoms with Crippen LogP contribution in [0.15, 0.2) is 0 Å². The number of aryl methyl sites for hydroxylation is 1. The summed E-state index contributed by atoms with van der Waals surface area (Å²) in [5.74, 6) is 0.0483. The maximum Gasteiger partial charge on any atom is 0.226 e. The zero-order valence-corrected chi connectivity index (χ0v) is 15.2. The highest BCUT2D eigenvalue weighted by Crippen LogP contribution is 2.37. The van der Waals surface area contributed by atoms with Gasteiger partial charge in [0.05, 0.1) is 5.56 Å². The van der Waals surface area contributed by atoms with Crippen LogP contribution in [0.4, 0.5) is 5.00 Å². The number of nitrogens with zero attached hydrogens (tertiary/aromatic N) is 2. The first-order chi connectivity index (χ1) is 11.8. The van der Waals surface area contributed by atoms with Crippen LogP contribution in [0.1, 0.15) is 67.4 Å². The number of thiophene rings is 1. The normalized spacial score (nSPS) is 19.0. The van der Waals surface area contributed by atoms with Gasteiger partial charge in [-0.05, 0) is 57.2 Å². The monoisotopic (exact) mass is 345 g/mol. The minimum absolute atomic E-state index is 0.0483. The van der Waals surface area contributed by atoms with Crippen LogP contribution in [0.3, 0.4) is 0 Å². The van der Waals surface area contributed by atoms with Gasteiger partial charge in [-0.15, -0.1) is 11.3 Å². The molecule has 0 radical (unpaired) electrons. The van der Waals surface area contributed by atoms with Crippen LogP contribution in [0.25, 0.3) is 0 Å². The number of hydrogen-bond acceptors (Lipinski definition) is 4. The summed E-state index contributed by atoms with van der Waals surface area (Å²) in [6.45, 7) is 3.06. The van der Waals surface area contributed by atoms with Gasteiger partial charge < -0.3 is 10.2 Å². The molecular formula is C19H27N3OS.